The normalized spacial score (nSPS) is 15.5. The third kappa shape index (κ3) is 4.63. The van der Waals surface area contributed by atoms with Gasteiger partial charge in [-0.3, -0.25) is 9.59 Å². The van der Waals surface area contributed by atoms with E-state index in [-0.39, 0.29) is 30.9 Å². The summed E-state index contributed by atoms with van der Waals surface area (Å²) in [5, 5.41) is 5.51. The Balaban J connectivity index is 1.56. The highest BCUT2D eigenvalue weighted by Gasteiger charge is 2.24. The molecule has 0 aliphatic carbocycles. The Labute approximate surface area is 165 Å². The van der Waals surface area contributed by atoms with Gasteiger partial charge in [0.15, 0.2) is 0 Å². The topological polar surface area (TPSA) is 70.7 Å². The fourth-order valence-electron chi connectivity index (χ4n) is 3.50. The minimum absolute atomic E-state index is 0.0835. The van der Waals surface area contributed by atoms with Gasteiger partial charge in [0.1, 0.15) is 5.75 Å². The van der Waals surface area contributed by atoms with Crippen LogP contribution in [0.25, 0.3) is 0 Å². The smallest absolute Gasteiger partial charge is 0.243 e. The Morgan fingerprint density at radius 3 is 2.75 bits per heavy atom. The quantitative estimate of drug-likeness (QED) is 0.807. The summed E-state index contributed by atoms with van der Waals surface area (Å²) in [4.78, 5) is 26.8. The Morgan fingerprint density at radius 1 is 1.18 bits per heavy atom. The van der Waals surface area contributed by atoms with Crippen LogP contribution in [0.1, 0.15) is 24.5 Å². The number of nitrogens with zero attached hydrogens (tertiary/aromatic N) is 1. The number of anilines is 2. The Bertz CT molecular complexity index is 866. The van der Waals surface area contributed by atoms with Crippen molar-refractivity contribution in [2.24, 2.45) is 0 Å². The van der Waals surface area contributed by atoms with Gasteiger partial charge in [-0.05, 0) is 56.0 Å². The van der Waals surface area contributed by atoms with Crippen LogP contribution in [0.5, 0.6) is 5.75 Å². The maximum absolute atomic E-state index is 12.4. The number of hydrogen-bond donors (Lipinski definition) is 2. The summed E-state index contributed by atoms with van der Waals surface area (Å²) >= 11 is 0. The summed E-state index contributed by atoms with van der Waals surface area (Å²) in [7, 11) is 1.56. The maximum Gasteiger partial charge on any atom is 0.243 e. The van der Waals surface area contributed by atoms with Crippen LogP contribution in [-0.2, 0) is 16.0 Å². The number of nitrogens with one attached hydrogen (secondary N) is 2. The van der Waals surface area contributed by atoms with Gasteiger partial charge in [0.2, 0.25) is 11.8 Å². The molecule has 2 N–H and O–H groups in total. The van der Waals surface area contributed by atoms with E-state index in [2.05, 4.69) is 34.6 Å². The van der Waals surface area contributed by atoms with Crippen molar-refractivity contribution in [1.29, 1.82) is 0 Å². The molecule has 0 radical (unpaired) electrons. The van der Waals surface area contributed by atoms with Crippen molar-refractivity contribution >= 4 is 23.2 Å². The number of carbonyl (C=O) groups is 2. The molecule has 2 aromatic carbocycles. The Kier molecular flexibility index (Phi) is 6.19. The number of methoxy groups -OCH3 is 1. The van der Waals surface area contributed by atoms with Crippen LogP contribution in [0, 0.1) is 6.92 Å². The van der Waals surface area contributed by atoms with Crippen molar-refractivity contribution in [3.8, 4) is 5.75 Å². The molecule has 1 heterocycles. The highest BCUT2D eigenvalue weighted by molar-refractivity contribution is 5.96. The third-order valence-electron chi connectivity index (χ3n) is 5.05. The highest BCUT2D eigenvalue weighted by atomic mass is 16.5. The Morgan fingerprint density at radius 2 is 1.96 bits per heavy atom. The molecule has 0 spiro atoms. The number of aryl methyl sites for hydroxylation is 2. The second-order valence-electron chi connectivity index (χ2n) is 7.17. The summed E-state index contributed by atoms with van der Waals surface area (Å²) in [6, 6.07) is 14.0. The van der Waals surface area contributed by atoms with E-state index in [1.807, 2.05) is 31.2 Å². The highest BCUT2D eigenvalue weighted by Crippen LogP contribution is 2.30. The van der Waals surface area contributed by atoms with E-state index in [4.69, 9.17) is 4.74 Å². The number of rotatable bonds is 6. The zero-order chi connectivity index (χ0) is 20.1. The van der Waals surface area contributed by atoms with Crippen LogP contribution in [-0.4, -0.2) is 38.1 Å². The molecule has 1 atom stereocenters. The molecule has 6 nitrogen and oxygen atoms in total. The van der Waals surface area contributed by atoms with Crippen LogP contribution in [0.4, 0.5) is 11.4 Å². The number of fused-ring (bicyclic) bond motifs is 1. The van der Waals surface area contributed by atoms with E-state index in [1.54, 1.807) is 13.2 Å². The molecule has 0 saturated heterocycles. The van der Waals surface area contributed by atoms with Gasteiger partial charge in [-0.1, -0.05) is 24.3 Å². The summed E-state index contributed by atoms with van der Waals surface area (Å²) < 4.78 is 5.26. The van der Waals surface area contributed by atoms with Crippen molar-refractivity contribution in [1.82, 2.24) is 5.32 Å². The first-order valence-electron chi connectivity index (χ1n) is 9.53. The van der Waals surface area contributed by atoms with Crippen LogP contribution < -0.4 is 20.3 Å². The van der Waals surface area contributed by atoms with Gasteiger partial charge in [0.25, 0.3) is 0 Å². The van der Waals surface area contributed by atoms with Gasteiger partial charge in [-0.2, -0.15) is 0 Å². The van der Waals surface area contributed by atoms with Crippen LogP contribution in [0.3, 0.4) is 0 Å². The predicted molar refractivity (Wildman–Crippen MR) is 111 cm³/mol. The molecule has 2 amide bonds. The second kappa shape index (κ2) is 8.78. The van der Waals surface area contributed by atoms with Crippen molar-refractivity contribution in [2.75, 3.05) is 30.4 Å². The molecule has 3 rings (SSSR count). The van der Waals surface area contributed by atoms with Gasteiger partial charge in [-0.15, -0.1) is 0 Å². The largest absolute Gasteiger partial charge is 0.495 e. The molecule has 148 valence electrons. The van der Waals surface area contributed by atoms with Gasteiger partial charge < -0.3 is 20.3 Å². The zero-order valence-electron chi connectivity index (χ0n) is 16.6. The molecule has 0 aromatic heterocycles. The van der Waals surface area contributed by atoms with Gasteiger partial charge in [-0.25, -0.2) is 0 Å². The minimum atomic E-state index is -0.288. The Hall–Kier alpha value is -3.02. The van der Waals surface area contributed by atoms with E-state index in [0.717, 1.165) is 24.1 Å². The number of hydrogen-bond acceptors (Lipinski definition) is 4. The molecular weight excluding hydrogens is 354 g/mol. The van der Waals surface area contributed by atoms with Crippen molar-refractivity contribution in [2.45, 2.75) is 32.7 Å². The van der Waals surface area contributed by atoms with E-state index in [0.29, 0.717) is 11.4 Å². The average Bonchev–Trinajstić information content (AvgIpc) is 2.69. The standard InChI is InChI=1S/C22H27N3O3/c1-15-8-11-20(28-3)18(12-15)24-21(26)13-23-22(27)14-25-16(2)9-10-17-6-4-5-7-19(17)25/h4-8,11-12,16H,9-10,13-14H2,1-3H3,(H,23,27)(H,24,26). The first-order valence-corrected chi connectivity index (χ1v) is 9.53. The summed E-state index contributed by atoms with van der Waals surface area (Å²) in [6.45, 7) is 4.22. The molecule has 0 fully saturated rings. The molecular formula is C22H27N3O3. The van der Waals surface area contributed by atoms with E-state index in [9.17, 15) is 9.59 Å². The van der Waals surface area contributed by atoms with Crippen molar-refractivity contribution in [3.05, 3.63) is 53.6 Å². The SMILES string of the molecule is COc1ccc(C)cc1NC(=O)CNC(=O)CN1c2ccccc2CCC1C. The molecule has 0 saturated carbocycles. The van der Waals surface area contributed by atoms with Crippen LogP contribution in [0.2, 0.25) is 0 Å². The molecule has 1 aliphatic rings. The molecule has 6 heteroatoms. The van der Waals surface area contributed by atoms with Gasteiger partial charge in [0, 0.05) is 11.7 Å². The van der Waals surface area contributed by atoms with E-state index in [1.165, 1.54) is 5.56 Å². The van der Waals surface area contributed by atoms with Crippen LogP contribution >= 0.6 is 0 Å². The maximum atomic E-state index is 12.4. The molecule has 1 unspecified atom stereocenters. The van der Waals surface area contributed by atoms with E-state index < -0.39 is 0 Å². The number of ether oxygens (including phenoxy) is 1. The molecule has 1 aliphatic heterocycles. The zero-order valence-corrected chi connectivity index (χ0v) is 16.6. The van der Waals surface area contributed by atoms with Crippen molar-refractivity contribution in [3.63, 3.8) is 0 Å². The summed E-state index contributed by atoms with van der Waals surface area (Å²) in [6.07, 6.45) is 2.04. The van der Waals surface area contributed by atoms with Crippen molar-refractivity contribution < 1.29 is 14.3 Å². The number of para-hydroxylation sites is 1. The van der Waals surface area contributed by atoms with Gasteiger partial charge in [0.05, 0.1) is 25.9 Å². The summed E-state index contributed by atoms with van der Waals surface area (Å²) in [5.41, 5.74) is 3.97. The van der Waals surface area contributed by atoms with Gasteiger partial charge >= 0.3 is 0 Å². The number of benzene rings is 2. The fraction of sp³-hybridized carbons (Fsp3) is 0.364. The molecule has 2 aromatic rings. The fourth-order valence-corrected chi connectivity index (χ4v) is 3.50. The first kappa shape index (κ1) is 19.7. The average molecular weight is 381 g/mol. The van der Waals surface area contributed by atoms with Crippen LogP contribution in [0.15, 0.2) is 42.5 Å². The number of carbonyl (C=O) groups excluding carboxylic acids is 2. The monoisotopic (exact) mass is 381 g/mol. The third-order valence-corrected chi connectivity index (χ3v) is 5.05. The lowest BCUT2D eigenvalue weighted by Gasteiger charge is -2.36. The lowest BCUT2D eigenvalue weighted by Crippen LogP contribution is -2.45. The first-order chi connectivity index (χ1) is 13.5. The molecule has 28 heavy (non-hydrogen) atoms. The summed E-state index contributed by atoms with van der Waals surface area (Å²) in [5.74, 6) is 0.128. The predicted octanol–water partition coefficient (Wildman–Crippen LogP) is 2.90. The lowest BCUT2D eigenvalue weighted by molar-refractivity contribution is -0.123. The van der Waals surface area contributed by atoms with E-state index >= 15 is 0 Å². The minimum Gasteiger partial charge on any atom is -0.495 e. The lowest BCUT2D eigenvalue weighted by atomic mass is 9.97. The molecule has 0 bridgehead atoms. The number of amides is 2. The second-order valence-corrected chi connectivity index (χ2v) is 7.17.